The van der Waals surface area contributed by atoms with Gasteiger partial charge in [0.2, 0.25) is 0 Å². The Hall–Kier alpha value is -2.69. The molecule has 4 heteroatoms. The summed E-state index contributed by atoms with van der Waals surface area (Å²) in [5.41, 5.74) is 4.96. The first-order chi connectivity index (χ1) is 15.3. The van der Waals surface area contributed by atoms with Gasteiger partial charge >= 0.3 is 0 Å². The summed E-state index contributed by atoms with van der Waals surface area (Å²) in [6, 6.07) is 24.3. The largest absolute Gasteiger partial charge is 0.488 e. The van der Waals surface area contributed by atoms with E-state index in [0.717, 1.165) is 44.7 Å². The standard InChI is InChI=1S/C27H29FN2O/c28-23-12-13-25-26(19-23)31-20-22-10-4-5-11-24(22)27(25)30-17-15-29(16-18-30)14-6-9-21-7-2-1-3-8-21/h1-5,7-8,10-13,19,27H,6,9,14-18,20H2. The van der Waals surface area contributed by atoms with Crippen LogP contribution in [0.5, 0.6) is 5.75 Å². The van der Waals surface area contributed by atoms with Crippen LogP contribution >= 0.6 is 0 Å². The molecule has 3 aromatic rings. The molecule has 1 fully saturated rings. The van der Waals surface area contributed by atoms with Crippen LogP contribution in [-0.4, -0.2) is 42.5 Å². The molecular formula is C27H29FN2O. The molecule has 1 saturated heterocycles. The fourth-order valence-electron chi connectivity index (χ4n) is 4.90. The Balaban J connectivity index is 1.28. The van der Waals surface area contributed by atoms with Crippen LogP contribution in [0.2, 0.25) is 0 Å². The summed E-state index contributed by atoms with van der Waals surface area (Å²) in [4.78, 5) is 5.11. The maximum Gasteiger partial charge on any atom is 0.127 e. The van der Waals surface area contributed by atoms with Crippen molar-refractivity contribution in [2.24, 2.45) is 0 Å². The van der Waals surface area contributed by atoms with Crippen LogP contribution in [0, 0.1) is 5.82 Å². The first-order valence-corrected chi connectivity index (χ1v) is 11.3. The summed E-state index contributed by atoms with van der Waals surface area (Å²) in [7, 11) is 0. The van der Waals surface area contributed by atoms with Crippen LogP contribution in [0.3, 0.4) is 0 Å². The molecule has 0 saturated carbocycles. The van der Waals surface area contributed by atoms with Crippen LogP contribution in [0.15, 0.2) is 72.8 Å². The van der Waals surface area contributed by atoms with E-state index in [9.17, 15) is 4.39 Å². The van der Waals surface area contributed by atoms with Gasteiger partial charge in [0.1, 0.15) is 18.2 Å². The molecule has 2 aliphatic heterocycles. The monoisotopic (exact) mass is 416 g/mol. The topological polar surface area (TPSA) is 15.7 Å². The molecule has 0 spiro atoms. The Morgan fingerprint density at radius 2 is 1.61 bits per heavy atom. The second kappa shape index (κ2) is 9.21. The Kier molecular flexibility index (Phi) is 6.01. The van der Waals surface area contributed by atoms with E-state index < -0.39 is 0 Å². The summed E-state index contributed by atoms with van der Waals surface area (Å²) in [5.74, 6) is 0.429. The van der Waals surface area contributed by atoms with E-state index in [-0.39, 0.29) is 11.9 Å². The normalized spacial score (nSPS) is 19.2. The van der Waals surface area contributed by atoms with Crippen LogP contribution in [0.4, 0.5) is 4.39 Å². The van der Waals surface area contributed by atoms with E-state index in [4.69, 9.17) is 4.74 Å². The third kappa shape index (κ3) is 4.51. The highest BCUT2D eigenvalue weighted by Crippen LogP contribution is 2.40. The predicted octanol–water partition coefficient (Wildman–Crippen LogP) is 5.06. The lowest BCUT2D eigenvalue weighted by molar-refractivity contribution is 0.108. The number of nitrogens with zero attached hydrogens (tertiary/aromatic N) is 2. The first-order valence-electron chi connectivity index (χ1n) is 11.3. The SMILES string of the molecule is Fc1ccc2c(c1)OCc1ccccc1C2N1CCN(CCCc2ccccc2)CC1. The number of benzene rings is 3. The quantitative estimate of drug-likeness (QED) is 0.578. The number of rotatable bonds is 5. The van der Waals surface area contributed by atoms with Crippen molar-refractivity contribution in [2.75, 3.05) is 32.7 Å². The number of piperazine rings is 1. The second-order valence-electron chi connectivity index (χ2n) is 8.54. The van der Waals surface area contributed by atoms with Gasteiger partial charge in [-0.25, -0.2) is 4.39 Å². The van der Waals surface area contributed by atoms with Crippen LogP contribution < -0.4 is 4.74 Å². The molecule has 0 aromatic heterocycles. The van der Waals surface area contributed by atoms with E-state index in [1.807, 2.05) is 6.07 Å². The van der Waals surface area contributed by atoms with E-state index in [1.54, 1.807) is 6.07 Å². The van der Waals surface area contributed by atoms with E-state index in [2.05, 4.69) is 64.4 Å². The molecule has 2 aliphatic rings. The van der Waals surface area contributed by atoms with Gasteiger partial charge in [-0.2, -0.15) is 0 Å². The third-order valence-electron chi connectivity index (χ3n) is 6.56. The molecule has 2 heterocycles. The lowest BCUT2D eigenvalue weighted by atomic mass is 9.93. The highest BCUT2D eigenvalue weighted by Gasteiger charge is 2.31. The van der Waals surface area contributed by atoms with Gasteiger partial charge in [0.05, 0.1) is 6.04 Å². The average molecular weight is 417 g/mol. The van der Waals surface area contributed by atoms with Crippen molar-refractivity contribution in [1.29, 1.82) is 0 Å². The highest BCUT2D eigenvalue weighted by molar-refractivity contribution is 5.46. The van der Waals surface area contributed by atoms with Gasteiger partial charge in [-0.3, -0.25) is 4.90 Å². The summed E-state index contributed by atoms with van der Waals surface area (Å²) in [5, 5.41) is 0. The van der Waals surface area contributed by atoms with Gasteiger partial charge in [0.25, 0.3) is 0 Å². The zero-order chi connectivity index (χ0) is 21.0. The smallest absolute Gasteiger partial charge is 0.127 e. The summed E-state index contributed by atoms with van der Waals surface area (Å²) in [6.45, 7) is 5.75. The molecule has 0 aliphatic carbocycles. The Labute approximate surface area is 184 Å². The second-order valence-corrected chi connectivity index (χ2v) is 8.54. The number of hydrogen-bond donors (Lipinski definition) is 0. The van der Waals surface area contributed by atoms with Crippen LogP contribution in [0.1, 0.15) is 34.7 Å². The average Bonchev–Trinajstić information content (AvgIpc) is 2.97. The van der Waals surface area contributed by atoms with Crippen molar-refractivity contribution in [3.8, 4) is 5.75 Å². The highest BCUT2D eigenvalue weighted by atomic mass is 19.1. The van der Waals surface area contributed by atoms with Crippen molar-refractivity contribution < 1.29 is 9.13 Å². The van der Waals surface area contributed by atoms with Gasteiger partial charge < -0.3 is 9.64 Å². The van der Waals surface area contributed by atoms with E-state index in [1.165, 1.54) is 29.2 Å². The first kappa shape index (κ1) is 20.2. The summed E-state index contributed by atoms with van der Waals surface area (Å²) in [6.07, 6.45) is 2.32. The molecule has 3 aromatic carbocycles. The minimum absolute atomic E-state index is 0.112. The molecule has 5 rings (SSSR count). The van der Waals surface area contributed by atoms with Crippen molar-refractivity contribution >= 4 is 0 Å². The van der Waals surface area contributed by atoms with Gasteiger partial charge in [0.15, 0.2) is 0 Å². The van der Waals surface area contributed by atoms with Gasteiger partial charge in [-0.1, -0.05) is 60.7 Å². The Morgan fingerprint density at radius 3 is 2.45 bits per heavy atom. The van der Waals surface area contributed by atoms with E-state index in [0.29, 0.717) is 12.4 Å². The predicted molar refractivity (Wildman–Crippen MR) is 122 cm³/mol. The maximum atomic E-state index is 13.9. The molecule has 0 amide bonds. The molecule has 0 N–H and O–H groups in total. The van der Waals surface area contributed by atoms with Crippen molar-refractivity contribution in [3.63, 3.8) is 0 Å². The lowest BCUT2D eigenvalue weighted by Gasteiger charge is -2.40. The fourth-order valence-corrected chi connectivity index (χ4v) is 4.90. The molecule has 1 atom stereocenters. The van der Waals surface area contributed by atoms with Crippen LogP contribution in [0.25, 0.3) is 0 Å². The third-order valence-corrected chi connectivity index (χ3v) is 6.56. The van der Waals surface area contributed by atoms with Crippen molar-refractivity contribution in [2.45, 2.75) is 25.5 Å². The number of fused-ring (bicyclic) bond motifs is 2. The number of ether oxygens (including phenoxy) is 1. The van der Waals surface area contributed by atoms with Crippen molar-refractivity contribution in [3.05, 3.63) is 101 Å². The molecule has 3 nitrogen and oxygen atoms in total. The molecular weight excluding hydrogens is 387 g/mol. The minimum atomic E-state index is -0.244. The zero-order valence-corrected chi connectivity index (χ0v) is 17.8. The number of halogens is 1. The zero-order valence-electron chi connectivity index (χ0n) is 17.8. The Morgan fingerprint density at radius 1 is 0.839 bits per heavy atom. The summed E-state index contributed by atoms with van der Waals surface area (Å²) < 4.78 is 19.9. The minimum Gasteiger partial charge on any atom is -0.488 e. The fraction of sp³-hybridized carbons (Fsp3) is 0.333. The molecule has 0 bridgehead atoms. The number of aryl methyl sites for hydroxylation is 1. The summed E-state index contributed by atoms with van der Waals surface area (Å²) >= 11 is 0. The number of hydrogen-bond acceptors (Lipinski definition) is 3. The van der Waals surface area contributed by atoms with Crippen LogP contribution in [-0.2, 0) is 13.0 Å². The Bertz CT molecular complexity index is 1010. The van der Waals surface area contributed by atoms with E-state index >= 15 is 0 Å². The molecule has 160 valence electrons. The maximum absolute atomic E-state index is 13.9. The molecule has 31 heavy (non-hydrogen) atoms. The molecule has 1 unspecified atom stereocenters. The molecule has 0 radical (unpaired) electrons. The van der Waals surface area contributed by atoms with Gasteiger partial charge in [-0.15, -0.1) is 0 Å². The van der Waals surface area contributed by atoms with Gasteiger partial charge in [-0.05, 0) is 42.1 Å². The van der Waals surface area contributed by atoms with Gasteiger partial charge in [0, 0.05) is 37.8 Å². The van der Waals surface area contributed by atoms with Crippen molar-refractivity contribution in [1.82, 2.24) is 9.80 Å². The lowest BCUT2D eigenvalue weighted by Crippen LogP contribution is -2.48.